The number of methoxy groups -OCH3 is 1. The Kier molecular flexibility index (Phi) is 3.99. The lowest BCUT2D eigenvalue weighted by Crippen LogP contribution is -2.35. The molecule has 26 heavy (non-hydrogen) atoms. The summed E-state index contributed by atoms with van der Waals surface area (Å²) in [5.74, 6) is 1.27. The van der Waals surface area contributed by atoms with E-state index < -0.39 is 0 Å². The van der Waals surface area contributed by atoms with Gasteiger partial charge in [0.05, 0.1) is 13.2 Å². The van der Waals surface area contributed by atoms with Crippen LogP contribution in [-0.4, -0.2) is 41.9 Å². The molecule has 1 heterocycles. The summed E-state index contributed by atoms with van der Waals surface area (Å²) in [6, 6.07) is 5.71. The van der Waals surface area contributed by atoms with E-state index in [1.54, 1.807) is 13.2 Å². The third-order valence-electron chi connectivity index (χ3n) is 5.43. The van der Waals surface area contributed by atoms with Crippen molar-refractivity contribution < 1.29 is 19.7 Å². The maximum absolute atomic E-state index is 10.7. The summed E-state index contributed by atoms with van der Waals surface area (Å²) in [5.41, 5.74) is 5.35. The minimum Gasteiger partial charge on any atom is -0.504 e. The average molecular weight is 355 g/mol. The SMILES string of the molecule is COc1cc2c(cc1O)CC1c3c(cc(O)c(OC(C)C)c3-2)CCN1C. The highest BCUT2D eigenvalue weighted by Crippen LogP contribution is 2.53. The number of rotatable bonds is 3. The van der Waals surface area contributed by atoms with Gasteiger partial charge in [0.25, 0.3) is 0 Å². The van der Waals surface area contributed by atoms with Crippen molar-refractivity contribution in [1.82, 2.24) is 4.90 Å². The van der Waals surface area contributed by atoms with Gasteiger partial charge in [-0.3, -0.25) is 4.90 Å². The highest BCUT2D eigenvalue weighted by Gasteiger charge is 2.36. The molecule has 1 atom stereocenters. The first kappa shape index (κ1) is 17.0. The molecule has 0 aromatic heterocycles. The number of likely N-dealkylation sites (N-methyl/N-ethyl adjacent to an activating group) is 1. The van der Waals surface area contributed by atoms with Gasteiger partial charge in [-0.25, -0.2) is 0 Å². The van der Waals surface area contributed by atoms with Crippen LogP contribution in [0.5, 0.6) is 23.0 Å². The fourth-order valence-electron chi connectivity index (χ4n) is 4.25. The molecule has 4 rings (SSSR count). The van der Waals surface area contributed by atoms with Gasteiger partial charge >= 0.3 is 0 Å². The summed E-state index contributed by atoms with van der Waals surface area (Å²) >= 11 is 0. The molecule has 0 fully saturated rings. The molecular formula is C21H25NO4. The minimum absolute atomic E-state index is 0.0562. The number of ether oxygens (including phenoxy) is 2. The first-order valence-electron chi connectivity index (χ1n) is 9.06. The molecule has 5 heteroatoms. The largest absolute Gasteiger partial charge is 0.504 e. The Balaban J connectivity index is 2.05. The molecule has 2 N–H and O–H groups in total. The lowest BCUT2D eigenvalue weighted by atomic mass is 9.76. The number of hydrogen-bond acceptors (Lipinski definition) is 5. The van der Waals surface area contributed by atoms with Crippen molar-refractivity contribution in [3.63, 3.8) is 0 Å². The topological polar surface area (TPSA) is 62.2 Å². The number of hydrogen-bond donors (Lipinski definition) is 2. The highest BCUT2D eigenvalue weighted by molar-refractivity contribution is 5.84. The minimum atomic E-state index is -0.0562. The average Bonchev–Trinajstić information content (AvgIpc) is 2.59. The highest BCUT2D eigenvalue weighted by atomic mass is 16.5. The van der Waals surface area contributed by atoms with Gasteiger partial charge in [-0.15, -0.1) is 0 Å². The van der Waals surface area contributed by atoms with Crippen LogP contribution in [0.25, 0.3) is 11.1 Å². The molecule has 0 bridgehead atoms. The molecule has 2 aromatic carbocycles. The normalized spacial score (nSPS) is 18.4. The monoisotopic (exact) mass is 355 g/mol. The molecule has 1 aliphatic heterocycles. The van der Waals surface area contributed by atoms with Crippen LogP contribution in [0.3, 0.4) is 0 Å². The van der Waals surface area contributed by atoms with E-state index in [0.29, 0.717) is 11.5 Å². The van der Waals surface area contributed by atoms with Crippen LogP contribution in [0.2, 0.25) is 0 Å². The number of fused-ring (bicyclic) bond motifs is 2. The van der Waals surface area contributed by atoms with Gasteiger partial charge in [0, 0.05) is 18.2 Å². The second-order valence-corrected chi connectivity index (χ2v) is 7.47. The van der Waals surface area contributed by atoms with Crippen LogP contribution in [0.4, 0.5) is 0 Å². The molecular weight excluding hydrogens is 330 g/mol. The Morgan fingerprint density at radius 3 is 2.54 bits per heavy atom. The Morgan fingerprint density at radius 2 is 1.85 bits per heavy atom. The van der Waals surface area contributed by atoms with Crippen molar-refractivity contribution in [2.24, 2.45) is 0 Å². The maximum atomic E-state index is 10.7. The number of phenolic OH excluding ortho intramolecular Hbond substituents is 2. The molecule has 138 valence electrons. The lowest BCUT2D eigenvalue weighted by Gasteiger charge is -2.40. The molecule has 0 spiro atoms. The smallest absolute Gasteiger partial charge is 0.169 e. The summed E-state index contributed by atoms with van der Waals surface area (Å²) < 4.78 is 11.4. The first-order chi connectivity index (χ1) is 12.4. The van der Waals surface area contributed by atoms with Crippen molar-refractivity contribution in [2.45, 2.75) is 38.8 Å². The number of aromatic hydroxyl groups is 2. The summed E-state index contributed by atoms with van der Waals surface area (Å²) in [5, 5.41) is 20.9. The van der Waals surface area contributed by atoms with E-state index in [2.05, 4.69) is 11.9 Å². The Labute approximate surface area is 153 Å². The Morgan fingerprint density at radius 1 is 1.12 bits per heavy atom. The Bertz CT molecular complexity index is 875. The molecule has 0 saturated carbocycles. The second kappa shape index (κ2) is 6.09. The van der Waals surface area contributed by atoms with E-state index in [9.17, 15) is 10.2 Å². The van der Waals surface area contributed by atoms with Crippen LogP contribution in [0.15, 0.2) is 18.2 Å². The zero-order valence-corrected chi connectivity index (χ0v) is 15.7. The van der Waals surface area contributed by atoms with E-state index in [1.807, 2.05) is 26.0 Å². The van der Waals surface area contributed by atoms with Crippen LogP contribution < -0.4 is 9.47 Å². The molecule has 2 aromatic rings. The van der Waals surface area contributed by atoms with Crippen molar-refractivity contribution in [1.29, 1.82) is 0 Å². The number of benzene rings is 2. The predicted molar refractivity (Wildman–Crippen MR) is 100 cm³/mol. The van der Waals surface area contributed by atoms with E-state index in [-0.39, 0.29) is 23.6 Å². The first-order valence-corrected chi connectivity index (χ1v) is 9.06. The van der Waals surface area contributed by atoms with Crippen LogP contribution in [-0.2, 0) is 12.8 Å². The summed E-state index contributed by atoms with van der Waals surface area (Å²) in [6.45, 7) is 4.85. The molecule has 0 amide bonds. The zero-order valence-electron chi connectivity index (χ0n) is 15.7. The van der Waals surface area contributed by atoms with Crippen LogP contribution >= 0.6 is 0 Å². The molecule has 2 aliphatic rings. The van der Waals surface area contributed by atoms with Crippen molar-refractivity contribution >= 4 is 0 Å². The van der Waals surface area contributed by atoms with Gasteiger partial charge in [0.15, 0.2) is 23.0 Å². The van der Waals surface area contributed by atoms with Gasteiger partial charge in [0.1, 0.15) is 0 Å². The molecule has 0 saturated heterocycles. The van der Waals surface area contributed by atoms with Crippen molar-refractivity contribution in [2.75, 3.05) is 20.7 Å². The standard InChI is InChI=1S/C21H25NO4/c1-11(2)26-21-17(24)8-12-5-6-22(3)15-7-13-9-16(23)18(25-4)10-14(13)20(21)19(12)15/h8-11,15,23-24H,5-7H2,1-4H3. The molecule has 1 unspecified atom stereocenters. The van der Waals surface area contributed by atoms with Crippen molar-refractivity contribution in [3.8, 4) is 34.1 Å². The molecule has 1 aliphatic carbocycles. The fourth-order valence-corrected chi connectivity index (χ4v) is 4.25. The zero-order chi connectivity index (χ0) is 18.6. The number of nitrogens with zero attached hydrogens (tertiary/aromatic N) is 1. The quantitative estimate of drug-likeness (QED) is 0.880. The fraction of sp³-hybridized carbons (Fsp3) is 0.429. The maximum Gasteiger partial charge on any atom is 0.169 e. The Hall–Kier alpha value is -2.40. The van der Waals surface area contributed by atoms with E-state index >= 15 is 0 Å². The van der Waals surface area contributed by atoms with Crippen LogP contribution in [0, 0.1) is 0 Å². The third kappa shape index (κ3) is 2.50. The summed E-state index contributed by atoms with van der Waals surface area (Å²) in [6.07, 6.45) is 1.66. The third-order valence-corrected chi connectivity index (χ3v) is 5.43. The molecule has 0 radical (unpaired) electrons. The summed E-state index contributed by atoms with van der Waals surface area (Å²) in [4.78, 5) is 2.34. The van der Waals surface area contributed by atoms with E-state index in [1.165, 1.54) is 11.1 Å². The van der Waals surface area contributed by atoms with Crippen molar-refractivity contribution in [3.05, 3.63) is 34.9 Å². The summed E-state index contributed by atoms with van der Waals surface area (Å²) in [7, 11) is 3.67. The van der Waals surface area contributed by atoms with E-state index in [4.69, 9.17) is 9.47 Å². The van der Waals surface area contributed by atoms with E-state index in [0.717, 1.165) is 36.1 Å². The van der Waals surface area contributed by atoms with Gasteiger partial charge in [0.2, 0.25) is 0 Å². The van der Waals surface area contributed by atoms with Gasteiger partial charge in [-0.05, 0) is 74.2 Å². The van der Waals surface area contributed by atoms with Crippen LogP contribution in [0.1, 0.15) is 36.6 Å². The molecule has 5 nitrogen and oxygen atoms in total. The lowest BCUT2D eigenvalue weighted by molar-refractivity contribution is 0.217. The van der Waals surface area contributed by atoms with Gasteiger partial charge in [-0.1, -0.05) is 0 Å². The second-order valence-electron chi connectivity index (χ2n) is 7.47. The van der Waals surface area contributed by atoms with Gasteiger partial charge in [-0.2, -0.15) is 0 Å². The van der Waals surface area contributed by atoms with Gasteiger partial charge < -0.3 is 19.7 Å². The predicted octanol–water partition coefficient (Wildman–Crippen LogP) is 3.65. The number of phenols is 2.